The molecular weight excluding hydrogens is 380 g/mol. The number of aryl methyl sites for hydroxylation is 2. The van der Waals surface area contributed by atoms with Gasteiger partial charge in [0.05, 0.1) is 0 Å². The summed E-state index contributed by atoms with van der Waals surface area (Å²) >= 11 is 6.74. The summed E-state index contributed by atoms with van der Waals surface area (Å²) in [6.45, 7) is 0.691. The van der Waals surface area contributed by atoms with Crippen LogP contribution in [0, 0.1) is 0 Å². The normalized spacial score (nSPS) is 11.4. The molecule has 0 unspecified atom stereocenters. The summed E-state index contributed by atoms with van der Waals surface area (Å²) in [6.07, 6.45) is 1.94. The number of fused-ring (bicyclic) bond motifs is 1. The van der Waals surface area contributed by atoms with Crippen molar-refractivity contribution in [2.75, 3.05) is 5.33 Å². The maximum Gasteiger partial charge on any atom is 0.332 e. The van der Waals surface area contributed by atoms with Gasteiger partial charge in [-0.1, -0.05) is 15.9 Å². The average Bonchev–Trinajstić information content (AvgIpc) is 2.72. The Morgan fingerprint density at radius 2 is 1.84 bits per heavy atom. The molecule has 0 saturated heterocycles. The van der Waals surface area contributed by atoms with Gasteiger partial charge in [0.25, 0.3) is 5.56 Å². The van der Waals surface area contributed by atoms with Crippen LogP contribution in [0.25, 0.3) is 11.2 Å². The fourth-order valence-electron chi connectivity index (χ4n) is 1.99. The Hall–Kier alpha value is -0.890. The summed E-state index contributed by atoms with van der Waals surface area (Å²) in [4.78, 5) is 28.3. The number of imidazole rings is 1. The van der Waals surface area contributed by atoms with Gasteiger partial charge in [-0.2, -0.15) is 0 Å². The highest BCUT2D eigenvalue weighted by Crippen LogP contribution is 2.17. The molecule has 0 saturated carbocycles. The molecule has 19 heavy (non-hydrogen) atoms. The predicted molar refractivity (Wildman–Crippen MR) is 80.9 cm³/mol. The van der Waals surface area contributed by atoms with Crippen LogP contribution in [0.1, 0.15) is 12.8 Å². The Morgan fingerprint density at radius 3 is 2.47 bits per heavy atom. The van der Waals surface area contributed by atoms with E-state index in [2.05, 4.69) is 36.8 Å². The van der Waals surface area contributed by atoms with Gasteiger partial charge in [-0.15, -0.1) is 0 Å². The van der Waals surface area contributed by atoms with Gasteiger partial charge in [-0.25, -0.2) is 9.78 Å². The fraction of sp³-hybridized carbons (Fsp3) is 0.545. The summed E-state index contributed by atoms with van der Waals surface area (Å²) in [7, 11) is 3.10. The lowest BCUT2D eigenvalue weighted by Gasteiger charge is -2.06. The van der Waals surface area contributed by atoms with Crippen molar-refractivity contribution in [2.24, 2.45) is 14.1 Å². The average molecular weight is 394 g/mol. The van der Waals surface area contributed by atoms with Crippen LogP contribution in [-0.2, 0) is 20.6 Å². The van der Waals surface area contributed by atoms with E-state index in [1.54, 1.807) is 7.05 Å². The molecule has 6 nitrogen and oxygen atoms in total. The number of halogens is 2. The maximum atomic E-state index is 12.2. The smallest absolute Gasteiger partial charge is 0.313 e. The maximum absolute atomic E-state index is 12.2. The molecule has 104 valence electrons. The molecule has 0 fully saturated rings. The number of rotatable bonds is 4. The van der Waals surface area contributed by atoms with Crippen LogP contribution in [0.3, 0.4) is 0 Å². The molecule has 2 rings (SSSR count). The van der Waals surface area contributed by atoms with Crippen molar-refractivity contribution in [2.45, 2.75) is 19.4 Å². The molecule has 2 aromatic heterocycles. The molecule has 0 bridgehead atoms. The second-order valence-corrected chi connectivity index (χ2v) is 5.81. The molecule has 0 aliphatic heterocycles. The third-order valence-electron chi connectivity index (χ3n) is 3.07. The topological polar surface area (TPSA) is 61.8 Å². The van der Waals surface area contributed by atoms with Crippen LogP contribution >= 0.6 is 31.9 Å². The summed E-state index contributed by atoms with van der Waals surface area (Å²) < 4.78 is 4.90. The second kappa shape index (κ2) is 5.62. The first-order valence-corrected chi connectivity index (χ1v) is 7.78. The van der Waals surface area contributed by atoms with E-state index >= 15 is 0 Å². The lowest BCUT2D eigenvalue weighted by molar-refractivity contribution is 0.632. The standard InChI is InChI=1S/C11H14Br2N4O2/c1-15-8-7(9(18)16(2)11(15)19)17(10(13)14-8)6-4-3-5-12/h3-6H2,1-2H3. The zero-order valence-corrected chi connectivity index (χ0v) is 13.9. The van der Waals surface area contributed by atoms with Gasteiger partial charge >= 0.3 is 5.69 Å². The number of alkyl halides is 1. The van der Waals surface area contributed by atoms with Crippen molar-refractivity contribution in [3.63, 3.8) is 0 Å². The molecule has 2 aromatic rings. The summed E-state index contributed by atoms with van der Waals surface area (Å²) in [5.74, 6) is 0. The van der Waals surface area contributed by atoms with E-state index in [-0.39, 0.29) is 11.2 Å². The van der Waals surface area contributed by atoms with Crippen LogP contribution < -0.4 is 11.2 Å². The predicted octanol–water partition coefficient (Wildman–Crippen LogP) is 1.37. The number of hydrogen-bond acceptors (Lipinski definition) is 3. The van der Waals surface area contributed by atoms with Crippen LogP contribution in [0.5, 0.6) is 0 Å². The molecule has 0 aliphatic carbocycles. The van der Waals surface area contributed by atoms with Crippen LogP contribution in [0.2, 0.25) is 0 Å². The van der Waals surface area contributed by atoms with E-state index in [0.717, 1.165) is 22.7 Å². The number of nitrogens with zero attached hydrogens (tertiary/aromatic N) is 4. The third-order valence-corrected chi connectivity index (χ3v) is 4.23. The van der Waals surface area contributed by atoms with Crippen LogP contribution in [0.4, 0.5) is 0 Å². The fourth-order valence-corrected chi connectivity index (χ4v) is 2.91. The molecule has 8 heteroatoms. The summed E-state index contributed by atoms with van der Waals surface area (Å²) in [5, 5.41) is 0.924. The van der Waals surface area contributed by atoms with Crippen molar-refractivity contribution < 1.29 is 0 Å². The van der Waals surface area contributed by atoms with Crippen LogP contribution in [-0.4, -0.2) is 24.0 Å². The number of unbranched alkanes of at least 4 members (excludes halogenated alkanes) is 1. The van der Waals surface area contributed by atoms with E-state index in [9.17, 15) is 9.59 Å². The SMILES string of the molecule is Cn1c(=O)c2c(nc(Br)n2CCCCBr)n(C)c1=O. The Morgan fingerprint density at radius 1 is 1.16 bits per heavy atom. The molecule has 0 spiro atoms. The Bertz CT molecular complexity index is 729. The summed E-state index contributed by atoms with van der Waals surface area (Å²) in [6, 6.07) is 0. The van der Waals surface area contributed by atoms with Gasteiger partial charge in [0.15, 0.2) is 15.9 Å². The van der Waals surface area contributed by atoms with Gasteiger partial charge in [-0.3, -0.25) is 13.9 Å². The Labute approximate surface area is 126 Å². The molecule has 0 radical (unpaired) electrons. The van der Waals surface area contributed by atoms with Crippen molar-refractivity contribution in [1.29, 1.82) is 0 Å². The molecule has 0 aliphatic rings. The zero-order valence-electron chi connectivity index (χ0n) is 10.7. The number of hydrogen-bond donors (Lipinski definition) is 0. The van der Waals surface area contributed by atoms with Gasteiger partial charge in [0.1, 0.15) is 0 Å². The molecule has 0 N–H and O–H groups in total. The lowest BCUT2D eigenvalue weighted by Crippen LogP contribution is -2.37. The number of aromatic nitrogens is 4. The minimum Gasteiger partial charge on any atom is -0.313 e. The second-order valence-electron chi connectivity index (χ2n) is 4.31. The minimum atomic E-state index is -0.366. The molecule has 0 amide bonds. The molecular formula is C11H14Br2N4O2. The largest absolute Gasteiger partial charge is 0.332 e. The van der Waals surface area contributed by atoms with Gasteiger partial charge in [0, 0.05) is 26.0 Å². The molecule has 2 heterocycles. The minimum absolute atomic E-state index is 0.310. The first-order chi connectivity index (χ1) is 8.99. The highest BCUT2D eigenvalue weighted by atomic mass is 79.9. The highest BCUT2D eigenvalue weighted by molar-refractivity contribution is 9.10. The zero-order chi connectivity index (χ0) is 14.2. The van der Waals surface area contributed by atoms with E-state index in [1.807, 2.05) is 4.57 Å². The first-order valence-electron chi connectivity index (χ1n) is 5.86. The van der Waals surface area contributed by atoms with E-state index in [4.69, 9.17) is 0 Å². The van der Waals surface area contributed by atoms with Crippen LogP contribution in [0.15, 0.2) is 14.3 Å². The monoisotopic (exact) mass is 392 g/mol. The van der Waals surface area contributed by atoms with Gasteiger partial charge in [0.2, 0.25) is 0 Å². The Balaban J connectivity index is 2.69. The quantitative estimate of drug-likeness (QED) is 0.447. The summed E-state index contributed by atoms with van der Waals surface area (Å²) in [5.41, 5.74) is 0.204. The van der Waals surface area contributed by atoms with E-state index in [0.29, 0.717) is 22.4 Å². The highest BCUT2D eigenvalue weighted by Gasteiger charge is 2.17. The first kappa shape index (κ1) is 14.5. The van der Waals surface area contributed by atoms with Crippen molar-refractivity contribution in [3.05, 3.63) is 25.6 Å². The molecule has 0 atom stereocenters. The Kier molecular flexibility index (Phi) is 4.29. The van der Waals surface area contributed by atoms with Gasteiger partial charge in [-0.05, 0) is 28.8 Å². The third kappa shape index (κ3) is 2.43. The lowest BCUT2D eigenvalue weighted by atomic mass is 10.3. The van der Waals surface area contributed by atoms with Crippen molar-refractivity contribution in [3.8, 4) is 0 Å². The van der Waals surface area contributed by atoms with Gasteiger partial charge < -0.3 is 4.57 Å². The van der Waals surface area contributed by atoms with E-state index < -0.39 is 0 Å². The van der Waals surface area contributed by atoms with E-state index in [1.165, 1.54) is 11.6 Å². The van der Waals surface area contributed by atoms with Crippen molar-refractivity contribution in [1.82, 2.24) is 18.7 Å². The van der Waals surface area contributed by atoms with Crippen molar-refractivity contribution >= 4 is 43.0 Å². The molecule has 0 aromatic carbocycles.